The van der Waals surface area contributed by atoms with Gasteiger partial charge in [-0.15, -0.1) is 0 Å². The summed E-state index contributed by atoms with van der Waals surface area (Å²) in [6, 6.07) is 22.6. The summed E-state index contributed by atoms with van der Waals surface area (Å²) in [6.07, 6.45) is 1.65. The number of hydrogen-bond acceptors (Lipinski definition) is 6. The normalized spacial score (nSPS) is 14.1. The summed E-state index contributed by atoms with van der Waals surface area (Å²) in [5, 5.41) is 0. The van der Waals surface area contributed by atoms with E-state index >= 15 is 0 Å². The third kappa shape index (κ3) is 4.81. The third-order valence-electron chi connectivity index (χ3n) is 4.77. The summed E-state index contributed by atoms with van der Waals surface area (Å²) in [6.45, 7) is 2.82. The van der Waals surface area contributed by atoms with E-state index in [9.17, 15) is 4.79 Å². The van der Waals surface area contributed by atoms with Crippen molar-refractivity contribution in [2.45, 2.75) is 13.5 Å². The fourth-order valence-corrected chi connectivity index (χ4v) is 3.24. The van der Waals surface area contributed by atoms with Gasteiger partial charge < -0.3 is 18.9 Å². The molecule has 0 aromatic heterocycles. The predicted octanol–water partition coefficient (Wildman–Crippen LogP) is 5.02. The van der Waals surface area contributed by atoms with Crippen LogP contribution in [-0.2, 0) is 16.1 Å². The number of hydrogen-bond donors (Lipinski definition) is 0. The lowest BCUT2D eigenvalue weighted by Gasteiger charge is -2.11. The van der Waals surface area contributed by atoms with Gasteiger partial charge in [-0.2, -0.15) is 0 Å². The number of cyclic esters (lactones) is 1. The van der Waals surface area contributed by atoms with Crippen LogP contribution < -0.4 is 14.2 Å². The number of esters is 1. The molecule has 0 unspecified atom stereocenters. The Balaban J connectivity index is 1.56. The lowest BCUT2D eigenvalue weighted by atomic mass is 10.1. The van der Waals surface area contributed by atoms with Gasteiger partial charge in [0.05, 0.1) is 19.3 Å². The van der Waals surface area contributed by atoms with E-state index in [1.165, 1.54) is 0 Å². The number of aliphatic imine (C=N–C) groups is 1. The second-order valence-electron chi connectivity index (χ2n) is 6.95. The van der Waals surface area contributed by atoms with Gasteiger partial charge in [-0.3, -0.25) is 0 Å². The molecule has 0 N–H and O–H groups in total. The number of para-hydroxylation sites is 1. The van der Waals surface area contributed by atoms with Gasteiger partial charge in [-0.1, -0.05) is 48.5 Å². The molecule has 3 aromatic rings. The highest BCUT2D eigenvalue weighted by molar-refractivity contribution is 6.13. The molecule has 0 amide bonds. The molecule has 4 rings (SSSR count). The highest BCUT2D eigenvalue weighted by atomic mass is 16.6. The average Bonchev–Trinajstić information content (AvgIpc) is 3.19. The molecule has 0 saturated heterocycles. The fourth-order valence-electron chi connectivity index (χ4n) is 3.24. The van der Waals surface area contributed by atoms with E-state index in [0.717, 1.165) is 11.1 Å². The van der Waals surface area contributed by atoms with Crippen LogP contribution in [0.2, 0.25) is 0 Å². The first-order valence-electron chi connectivity index (χ1n) is 10.3. The highest BCUT2D eigenvalue weighted by Gasteiger charge is 2.26. The molecule has 3 aromatic carbocycles. The van der Waals surface area contributed by atoms with E-state index in [1.807, 2.05) is 73.7 Å². The van der Waals surface area contributed by atoms with Gasteiger partial charge in [-0.25, -0.2) is 9.79 Å². The molecule has 0 atom stereocenters. The van der Waals surface area contributed by atoms with Crippen LogP contribution in [0.3, 0.4) is 0 Å². The Hall–Kier alpha value is -4.06. The van der Waals surface area contributed by atoms with E-state index in [4.69, 9.17) is 18.9 Å². The lowest BCUT2D eigenvalue weighted by Crippen LogP contribution is -2.07. The fraction of sp³-hybridized carbons (Fsp3) is 0.154. The van der Waals surface area contributed by atoms with E-state index in [0.29, 0.717) is 36.0 Å². The van der Waals surface area contributed by atoms with Crippen molar-refractivity contribution in [2.24, 2.45) is 4.99 Å². The largest absolute Gasteiger partial charge is 0.493 e. The van der Waals surface area contributed by atoms with E-state index in [2.05, 4.69) is 4.99 Å². The average molecular weight is 429 g/mol. The first-order chi connectivity index (χ1) is 15.7. The number of carbonyl (C=O) groups is 1. The van der Waals surface area contributed by atoms with E-state index < -0.39 is 5.97 Å². The smallest absolute Gasteiger partial charge is 0.363 e. The molecule has 0 saturated carbocycles. The molecule has 0 radical (unpaired) electrons. The van der Waals surface area contributed by atoms with Crippen LogP contribution in [0.25, 0.3) is 6.08 Å². The molecule has 6 nitrogen and oxygen atoms in total. The Kier molecular flexibility index (Phi) is 6.51. The molecule has 1 aliphatic heterocycles. The Morgan fingerprint density at radius 1 is 0.906 bits per heavy atom. The van der Waals surface area contributed by atoms with Crippen molar-refractivity contribution in [1.29, 1.82) is 0 Å². The molecule has 32 heavy (non-hydrogen) atoms. The summed E-state index contributed by atoms with van der Waals surface area (Å²) in [5.41, 5.74) is 2.63. The van der Waals surface area contributed by atoms with Crippen molar-refractivity contribution in [2.75, 3.05) is 13.7 Å². The zero-order valence-electron chi connectivity index (χ0n) is 17.9. The molecule has 0 bridgehead atoms. The molecule has 0 aliphatic carbocycles. The Morgan fingerprint density at radius 2 is 1.69 bits per heavy atom. The van der Waals surface area contributed by atoms with Crippen molar-refractivity contribution in [1.82, 2.24) is 0 Å². The van der Waals surface area contributed by atoms with Crippen LogP contribution >= 0.6 is 0 Å². The number of ether oxygens (including phenoxy) is 4. The summed E-state index contributed by atoms with van der Waals surface area (Å²) in [4.78, 5) is 16.8. The molecule has 162 valence electrons. The van der Waals surface area contributed by atoms with Gasteiger partial charge in [0.15, 0.2) is 17.2 Å². The quantitative estimate of drug-likeness (QED) is 0.372. The molecule has 1 heterocycles. The van der Waals surface area contributed by atoms with Crippen molar-refractivity contribution in [3.05, 3.63) is 95.2 Å². The minimum absolute atomic E-state index is 0.200. The second kappa shape index (κ2) is 9.83. The van der Waals surface area contributed by atoms with Crippen molar-refractivity contribution >= 4 is 17.9 Å². The van der Waals surface area contributed by atoms with Gasteiger partial charge in [0.2, 0.25) is 5.90 Å². The van der Waals surface area contributed by atoms with Gasteiger partial charge >= 0.3 is 5.97 Å². The Morgan fingerprint density at radius 3 is 2.47 bits per heavy atom. The van der Waals surface area contributed by atoms with Gasteiger partial charge in [0.1, 0.15) is 12.4 Å². The maximum atomic E-state index is 12.4. The van der Waals surface area contributed by atoms with Crippen LogP contribution in [0.4, 0.5) is 0 Å². The first-order valence-corrected chi connectivity index (χ1v) is 10.3. The predicted molar refractivity (Wildman–Crippen MR) is 122 cm³/mol. The maximum Gasteiger partial charge on any atom is 0.363 e. The first kappa shape index (κ1) is 21.2. The van der Waals surface area contributed by atoms with Crippen LogP contribution in [0.15, 0.2) is 83.5 Å². The van der Waals surface area contributed by atoms with E-state index in [1.54, 1.807) is 19.3 Å². The van der Waals surface area contributed by atoms with Crippen LogP contribution in [0.1, 0.15) is 23.6 Å². The number of benzene rings is 3. The van der Waals surface area contributed by atoms with Gasteiger partial charge in [0.25, 0.3) is 0 Å². The SMILES string of the molecule is CCOc1ccccc1C1=N/C(=C\c2ccc(OCc3ccccc3)c(OC)c2)C(=O)O1. The molecular formula is C26H23NO5. The van der Waals surface area contributed by atoms with Gasteiger partial charge in [-0.05, 0) is 48.4 Å². The highest BCUT2D eigenvalue weighted by Crippen LogP contribution is 2.31. The monoisotopic (exact) mass is 429 g/mol. The van der Waals surface area contributed by atoms with Crippen molar-refractivity contribution in [3.8, 4) is 17.2 Å². The van der Waals surface area contributed by atoms with Crippen LogP contribution in [0.5, 0.6) is 17.2 Å². The molecule has 1 aliphatic rings. The van der Waals surface area contributed by atoms with Crippen molar-refractivity contribution < 1.29 is 23.7 Å². The van der Waals surface area contributed by atoms with Crippen LogP contribution in [0, 0.1) is 0 Å². The minimum atomic E-state index is -0.519. The minimum Gasteiger partial charge on any atom is -0.493 e. The standard InChI is InChI=1S/C26H23NO5/c1-3-30-22-12-8-7-11-20(22)25-27-21(26(28)32-25)15-19-13-14-23(24(16-19)29-2)31-17-18-9-5-4-6-10-18/h4-16H,3,17H2,1-2H3/b21-15-. The number of methoxy groups -OCH3 is 1. The summed E-state index contributed by atoms with van der Waals surface area (Å²) < 4.78 is 22.4. The lowest BCUT2D eigenvalue weighted by molar-refractivity contribution is -0.129. The zero-order chi connectivity index (χ0) is 22.3. The molecule has 6 heteroatoms. The summed E-state index contributed by atoms with van der Waals surface area (Å²) >= 11 is 0. The molecule has 0 fully saturated rings. The summed E-state index contributed by atoms with van der Waals surface area (Å²) in [7, 11) is 1.58. The van der Waals surface area contributed by atoms with Crippen LogP contribution in [-0.4, -0.2) is 25.6 Å². The Bertz CT molecular complexity index is 1170. The van der Waals surface area contributed by atoms with E-state index in [-0.39, 0.29) is 11.6 Å². The van der Waals surface area contributed by atoms with Crippen molar-refractivity contribution in [3.63, 3.8) is 0 Å². The number of rotatable bonds is 8. The maximum absolute atomic E-state index is 12.4. The topological polar surface area (TPSA) is 66.3 Å². The Labute approximate surface area is 186 Å². The number of nitrogens with zero attached hydrogens (tertiary/aromatic N) is 1. The zero-order valence-corrected chi connectivity index (χ0v) is 17.9. The second-order valence-corrected chi connectivity index (χ2v) is 6.95. The third-order valence-corrected chi connectivity index (χ3v) is 4.77. The molecular weight excluding hydrogens is 406 g/mol. The number of carbonyl (C=O) groups excluding carboxylic acids is 1. The molecule has 0 spiro atoms. The van der Waals surface area contributed by atoms with Gasteiger partial charge in [0, 0.05) is 0 Å². The summed E-state index contributed by atoms with van der Waals surface area (Å²) in [5.74, 6) is 1.49.